The molecule has 0 bridgehead atoms. The van der Waals surface area contributed by atoms with Crippen molar-refractivity contribution < 1.29 is 4.79 Å². The van der Waals surface area contributed by atoms with E-state index < -0.39 is 0 Å². The molecule has 1 aliphatic rings. The Morgan fingerprint density at radius 3 is 2.62 bits per heavy atom. The zero-order valence-corrected chi connectivity index (χ0v) is 18.2. The normalized spacial score (nSPS) is 14.9. The van der Waals surface area contributed by atoms with E-state index in [-0.39, 0.29) is 5.91 Å². The lowest BCUT2D eigenvalue weighted by molar-refractivity contribution is 0.0627. The van der Waals surface area contributed by atoms with Gasteiger partial charge in [0.25, 0.3) is 5.91 Å². The SMILES string of the molecule is CSCc1cccc(C(=O)N2CCN(Cc3csc(-c4ccccc4)n3)CC2)c1. The minimum Gasteiger partial charge on any atom is -0.336 e. The van der Waals surface area contributed by atoms with Crippen LogP contribution in [0, 0.1) is 0 Å². The molecule has 1 saturated heterocycles. The molecule has 4 rings (SSSR count). The third kappa shape index (κ3) is 5.07. The summed E-state index contributed by atoms with van der Waals surface area (Å²) in [5.74, 6) is 1.08. The Morgan fingerprint density at radius 1 is 1.07 bits per heavy atom. The first kappa shape index (κ1) is 20.1. The van der Waals surface area contributed by atoms with Crippen LogP contribution in [0.15, 0.2) is 60.0 Å². The fourth-order valence-corrected chi connectivity index (χ4v) is 4.90. The van der Waals surface area contributed by atoms with Gasteiger partial charge in [-0.1, -0.05) is 42.5 Å². The molecule has 0 saturated carbocycles. The third-order valence-electron chi connectivity index (χ3n) is 5.10. The Hall–Kier alpha value is -2.15. The van der Waals surface area contributed by atoms with E-state index in [9.17, 15) is 4.79 Å². The summed E-state index contributed by atoms with van der Waals surface area (Å²) in [6.07, 6.45) is 2.08. The van der Waals surface area contributed by atoms with Gasteiger partial charge in [-0.2, -0.15) is 11.8 Å². The number of hydrogen-bond donors (Lipinski definition) is 0. The molecule has 3 aromatic rings. The van der Waals surface area contributed by atoms with Gasteiger partial charge in [0.05, 0.1) is 5.69 Å². The van der Waals surface area contributed by atoms with Crippen LogP contribution < -0.4 is 0 Å². The molecule has 1 aromatic heterocycles. The minimum absolute atomic E-state index is 0.146. The maximum atomic E-state index is 12.9. The van der Waals surface area contributed by atoms with Crippen LogP contribution in [0.3, 0.4) is 0 Å². The summed E-state index contributed by atoms with van der Waals surface area (Å²) in [5.41, 5.74) is 4.29. The van der Waals surface area contributed by atoms with Crippen LogP contribution in [-0.2, 0) is 12.3 Å². The first-order valence-electron chi connectivity index (χ1n) is 9.82. The molecule has 0 spiro atoms. The average molecular weight is 424 g/mol. The molecule has 2 heterocycles. The fraction of sp³-hybridized carbons (Fsp3) is 0.304. The van der Waals surface area contributed by atoms with E-state index in [0.717, 1.165) is 54.7 Å². The first-order chi connectivity index (χ1) is 14.2. The van der Waals surface area contributed by atoms with E-state index in [0.29, 0.717) is 0 Å². The fourth-order valence-electron chi connectivity index (χ4n) is 3.57. The second-order valence-corrected chi connectivity index (χ2v) is 8.94. The number of nitrogens with zero attached hydrogens (tertiary/aromatic N) is 3. The molecule has 29 heavy (non-hydrogen) atoms. The average Bonchev–Trinajstić information content (AvgIpc) is 3.23. The van der Waals surface area contributed by atoms with Crippen molar-refractivity contribution >= 4 is 29.0 Å². The minimum atomic E-state index is 0.146. The molecule has 1 fully saturated rings. The van der Waals surface area contributed by atoms with Gasteiger partial charge in [0.2, 0.25) is 0 Å². The van der Waals surface area contributed by atoms with Gasteiger partial charge in [-0.15, -0.1) is 11.3 Å². The van der Waals surface area contributed by atoms with Crippen LogP contribution in [0.5, 0.6) is 0 Å². The highest BCUT2D eigenvalue weighted by atomic mass is 32.2. The van der Waals surface area contributed by atoms with E-state index in [2.05, 4.69) is 34.7 Å². The molecular formula is C23H25N3OS2. The van der Waals surface area contributed by atoms with Gasteiger partial charge in [0.15, 0.2) is 0 Å². The zero-order valence-electron chi connectivity index (χ0n) is 16.6. The quantitative estimate of drug-likeness (QED) is 0.579. The number of benzene rings is 2. The second kappa shape index (κ2) is 9.57. The Labute approximate surface area is 180 Å². The van der Waals surface area contributed by atoms with Gasteiger partial charge >= 0.3 is 0 Å². The topological polar surface area (TPSA) is 36.4 Å². The highest BCUT2D eigenvalue weighted by Gasteiger charge is 2.23. The molecule has 1 aliphatic heterocycles. The van der Waals surface area contributed by atoms with E-state index >= 15 is 0 Å². The Morgan fingerprint density at radius 2 is 1.86 bits per heavy atom. The molecule has 0 radical (unpaired) electrons. The van der Waals surface area contributed by atoms with E-state index in [1.165, 1.54) is 11.1 Å². The van der Waals surface area contributed by atoms with E-state index in [1.807, 2.05) is 41.3 Å². The lowest BCUT2D eigenvalue weighted by Crippen LogP contribution is -2.48. The predicted octanol–water partition coefficient (Wildman–Crippen LogP) is 4.63. The second-order valence-electron chi connectivity index (χ2n) is 7.21. The van der Waals surface area contributed by atoms with Gasteiger partial charge in [0.1, 0.15) is 5.01 Å². The van der Waals surface area contributed by atoms with Gasteiger partial charge in [0, 0.05) is 55.0 Å². The van der Waals surface area contributed by atoms with Gasteiger partial charge < -0.3 is 4.90 Å². The summed E-state index contributed by atoms with van der Waals surface area (Å²) in [5, 5.41) is 3.22. The largest absolute Gasteiger partial charge is 0.336 e. The van der Waals surface area contributed by atoms with Crippen LogP contribution in [0.25, 0.3) is 10.6 Å². The first-order valence-corrected chi connectivity index (χ1v) is 12.1. The van der Waals surface area contributed by atoms with Crippen molar-refractivity contribution in [3.8, 4) is 10.6 Å². The number of rotatable bonds is 6. The number of amides is 1. The highest BCUT2D eigenvalue weighted by molar-refractivity contribution is 7.97. The summed E-state index contributed by atoms with van der Waals surface area (Å²) in [6, 6.07) is 18.3. The summed E-state index contributed by atoms with van der Waals surface area (Å²) in [7, 11) is 0. The van der Waals surface area contributed by atoms with Crippen molar-refractivity contribution in [1.29, 1.82) is 0 Å². The molecule has 6 heteroatoms. The molecule has 0 unspecified atom stereocenters. The van der Waals surface area contributed by atoms with E-state index in [4.69, 9.17) is 4.98 Å². The number of thioether (sulfide) groups is 1. The van der Waals surface area contributed by atoms with Gasteiger partial charge in [-0.25, -0.2) is 4.98 Å². The lowest BCUT2D eigenvalue weighted by atomic mass is 10.1. The molecule has 4 nitrogen and oxygen atoms in total. The van der Waals surface area contributed by atoms with Crippen molar-refractivity contribution in [1.82, 2.24) is 14.8 Å². The molecule has 2 aromatic carbocycles. The molecular weight excluding hydrogens is 398 g/mol. The molecule has 0 aliphatic carbocycles. The smallest absolute Gasteiger partial charge is 0.253 e. The summed E-state index contributed by atoms with van der Waals surface area (Å²) >= 11 is 3.47. The third-order valence-corrected chi connectivity index (χ3v) is 6.66. The number of carbonyl (C=O) groups is 1. The molecule has 150 valence electrons. The molecule has 1 amide bonds. The Bertz CT molecular complexity index is 950. The van der Waals surface area contributed by atoms with E-state index in [1.54, 1.807) is 23.1 Å². The molecule has 0 atom stereocenters. The summed E-state index contributed by atoms with van der Waals surface area (Å²) in [6.45, 7) is 4.14. The monoisotopic (exact) mass is 423 g/mol. The summed E-state index contributed by atoms with van der Waals surface area (Å²) < 4.78 is 0. The van der Waals surface area contributed by atoms with Crippen molar-refractivity contribution in [2.75, 3.05) is 32.4 Å². The van der Waals surface area contributed by atoms with Crippen molar-refractivity contribution in [3.63, 3.8) is 0 Å². The van der Waals surface area contributed by atoms with Crippen LogP contribution in [0.2, 0.25) is 0 Å². The molecule has 0 N–H and O–H groups in total. The number of hydrogen-bond acceptors (Lipinski definition) is 5. The number of aromatic nitrogens is 1. The summed E-state index contributed by atoms with van der Waals surface area (Å²) in [4.78, 5) is 22.0. The van der Waals surface area contributed by atoms with Crippen LogP contribution in [0.4, 0.5) is 0 Å². The number of thiazole rings is 1. The Kier molecular flexibility index (Phi) is 6.64. The van der Waals surface area contributed by atoms with Crippen LogP contribution in [-0.4, -0.2) is 53.1 Å². The van der Waals surface area contributed by atoms with Crippen molar-refractivity contribution in [2.24, 2.45) is 0 Å². The zero-order chi connectivity index (χ0) is 20.1. The maximum absolute atomic E-state index is 12.9. The van der Waals surface area contributed by atoms with Crippen molar-refractivity contribution in [3.05, 3.63) is 76.8 Å². The maximum Gasteiger partial charge on any atom is 0.253 e. The lowest BCUT2D eigenvalue weighted by Gasteiger charge is -2.34. The number of piperazine rings is 1. The van der Waals surface area contributed by atoms with Gasteiger partial charge in [-0.05, 0) is 24.0 Å². The highest BCUT2D eigenvalue weighted by Crippen LogP contribution is 2.24. The standard InChI is InChI=1S/C23H25N3OS2/c1-28-16-18-6-5-9-20(14-18)23(27)26-12-10-25(11-13-26)15-21-17-29-22(24-21)19-7-3-2-4-8-19/h2-9,14,17H,10-13,15-16H2,1H3. The Balaban J connectivity index is 1.32. The van der Waals surface area contributed by atoms with Gasteiger partial charge in [-0.3, -0.25) is 9.69 Å². The predicted molar refractivity (Wildman–Crippen MR) is 122 cm³/mol. The van der Waals surface area contributed by atoms with Crippen molar-refractivity contribution in [2.45, 2.75) is 12.3 Å². The number of carbonyl (C=O) groups excluding carboxylic acids is 1. The van der Waals surface area contributed by atoms with Crippen LogP contribution in [0.1, 0.15) is 21.6 Å². The van der Waals surface area contributed by atoms with Crippen LogP contribution >= 0.6 is 23.1 Å².